The fourth-order valence-electron chi connectivity index (χ4n) is 2.01. The molecule has 0 aliphatic rings. The summed E-state index contributed by atoms with van der Waals surface area (Å²) < 4.78 is 8.27. The Labute approximate surface area is 120 Å². The molecular weight excluding hydrogens is 304 g/mol. The van der Waals surface area contributed by atoms with Gasteiger partial charge in [-0.1, -0.05) is 0 Å². The van der Waals surface area contributed by atoms with Gasteiger partial charge in [0.15, 0.2) is 0 Å². The third-order valence-corrected chi connectivity index (χ3v) is 3.95. The summed E-state index contributed by atoms with van der Waals surface area (Å²) in [7, 11) is 1.67. The molecule has 0 N–H and O–H groups in total. The van der Waals surface area contributed by atoms with E-state index in [4.69, 9.17) is 4.74 Å². The molecule has 0 spiro atoms. The molecule has 0 atom stereocenters. The van der Waals surface area contributed by atoms with Gasteiger partial charge < -0.3 is 9.14 Å². The highest BCUT2D eigenvalue weighted by atomic mass is 79.9. The van der Waals surface area contributed by atoms with E-state index in [1.807, 2.05) is 41.1 Å². The molecule has 4 heteroatoms. The van der Waals surface area contributed by atoms with Gasteiger partial charge in [-0.05, 0) is 58.7 Å². The van der Waals surface area contributed by atoms with E-state index in [0.717, 1.165) is 27.1 Å². The zero-order chi connectivity index (χ0) is 13.4. The number of hydrogen-bond acceptors (Lipinski definition) is 2. The van der Waals surface area contributed by atoms with Gasteiger partial charge in [0, 0.05) is 22.4 Å². The summed E-state index contributed by atoms with van der Waals surface area (Å²) in [6.45, 7) is 2.06. The Morgan fingerprint density at radius 1 is 1.16 bits per heavy atom. The van der Waals surface area contributed by atoms with E-state index in [0.29, 0.717) is 0 Å². The number of fused-ring (bicyclic) bond motifs is 1. The molecule has 0 bridgehead atoms. The van der Waals surface area contributed by atoms with Crippen molar-refractivity contribution in [1.82, 2.24) is 9.38 Å². The van der Waals surface area contributed by atoms with Gasteiger partial charge in [0.25, 0.3) is 0 Å². The second kappa shape index (κ2) is 4.70. The molecular formula is C15H13BrN2O. The number of aryl methyl sites for hydroxylation is 1. The first-order valence-electron chi connectivity index (χ1n) is 5.96. The van der Waals surface area contributed by atoms with Crippen LogP contribution in [0.2, 0.25) is 0 Å². The molecule has 3 nitrogen and oxygen atoms in total. The highest BCUT2D eigenvalue weighted by molar-refractivity contribution is 9.10. The highest BCUT2D eigenvalue weighted by Crippen LogP contribution is 2.24. The molecule has 0 fully saturated rings. The standard InChI is InChI=1S/C15H13BrN2O/c1-10-7-15-17-14(9-18(15)8-13(10)16)11-3-5-12(19-2)6-4-11/h3-9H,1-2H3. The first-order chi connectivity index (χ1) is 9.17. The van der Waals surface area contributed by atoms with Gasteiger partial charge in [-0.15, -0.1) is 0 Å². The lowest BCUT2D eigenvalue weighted by atomic mass is 10.2. The number of ether oxygens (including phenoxy) is 1. The molecule has 19 heavy (non-hydrogen) atoms. The Bertz CT molecular complexity index is 693. The van der Waals surface area contributed by atoms with E-state index in [9.17, 15) is 0 Å². The van der Waals surface area contributed by atoms with Crippen LogP contribution >= 0.6 is 15.9 Å². The zero-order valence-electron chi connectivity index (χ0n) is 10.7. The van der Waals surface area contributed by atoms with Crippen LogP contribution in [0.4, 0.5) is 0 Å². The van der Waals surface area contributed by atoms with Crippen molar-refractivity contribution in [2.45, 2.75) is 6.92 Å². The number of rotatable bonds is 2. The average Bonchev–Trinajstić information content (AvgIpc) is 2.82. The quantitative estimate of drug-likeness (QED) is 0.712. The van der Waals surface area contributed by atoms with Gasteiger partial charge in [0.05, 0.1) is 12.8 Å². The predicted octanol–water partition coefficient (Wildman–Crippen LogP) is 4.08. The Hall–Kier alpha value is -1.81. The van der Waals surface area contributed by atoms with Crippen LogP contribution < -0.4 is 4.74 Å². The first kappa shape index (κ1) is 12.2. The van der Waals surface area contributed by atoms with Crippen molar-refractivity contribution in [3.8, 4) is 17.0 Å². The Morgan fingerprint density at radius 2 is 1.89 bits per heavy atom. The number of nitrogens with zero attached hydrogens (tertiary/aromatic N) is 2. The fourth-order valence-corrected chi connectivity index (χ4v) is 2.34. The largest absolute Gasteiger partial charge is 0.497 e. The Kier molecular flexibility index (Phi) is 3.03. The molecule has 0 saturated heterocycles. The Balaban J connectivity index is 2.09. The van der Waals surface area contributed by atoms with Crippen molar-refractivity contribution in [3.63, 3.8) is 0 Å². The molecule has 96 valence electrons. The average molecular weight is 317 g/mol. The SMILES string of the molecule is COc1ccc(-c2cn3cc(Br)c(C)cc3n2)cc1. The van der Waals surface area contributed by atoms with E-state index in [1.54, 1.807) is 7.11 Å². The maximum Gasteiger partial charge on any atom is 0.137 e. The smallest absolute Gasteiger partial charge is 0.137 e. The van der Waals surface area contributed by atoms with Crippen LogP contribution in [0, 0.1) is 6.92 Å². The third kappa shape index (κ3) is 2.24. The van der Waals surface area contributed by atoms with Crippen LogP contribution in [-0.4, -0.2) is 16.5 Å². The van der Waals surface area contributed by atoms with E-state index in [1.165, 1.54) is 5.56 Å². The molecule has 0 radical (unpaired) electrons. The number of imidazole rings is 1. The van der Waals surface area contributed by atoms with Crippen LogP contribution in [0.15, 0.2) is 47.2 Å². The summed E-state index contributed by atoms with van der Waals surface area (Å²) in [6.07, 6.45) is 4.06. The molecule has 0 saturated carbocycles. The number of aromatic nitrogens is 2. The maximum absolute atomic E-state index is 5.16. The number of pyridine rings is 1. The summed E-state index contributed by atoms with van der Waals surface area (Å²) in [5.41, 5.74) is 4.17. The van der Waals surface area contributed by atoms with Gasteiger partial charge in [-0.2, -0.15) is 0 Å². The third-order valence-electron chi connectivity index (χ3n) is 3.12. The summed E-state index contributed by atoms with van der Waals surface area (Å²) in [5, 5.41) is 0. The number of methoxy groups -OCH3 is 1. The number of hydrogen-bond donors (Lipinski definition) is 0. The molecule has 3 aromatic rings. The number of benzene rings is 1. The molecule has 2 heterocycles. The van der Waals surface area contributed by atoms with Gasteiger partial charge in [0.1, 0.15) is 11.4 Å². The summed E-state index contributed by atoms with van der Waals surface area (Å²) in [6, 6.07) is 9.99. The minimum Gasteiger partial charge on any atom is -0.497 e. The molecule has 0 unspecified atom stereocenters. The van der Waals surface area contributed by atoms with Crippen molar-refractivity contribution in [3.05, 3.63) is 52.8 Å². The second-order valence-electron chi connectivity index (χ2n) is 4.42. The van der Waals surface area contributed by atoms with Gasteiger partial charge >= 0.3 is 0 Å². The van der Waals surface area contributed by atoms with Gasteiger partial charge in [-0.3, -0.25) is 0 Å². The lowest BCUT2D eigenvalue weighted by Crippen LogP contribution is -1.85. The van der Waals surface area contributed by atoms with Crippen LogP contribution in [0.25, 0.3) is 16.9 Å². The Morgan fingerprint density at radius 3 is 2.58 bits per heavy atom. The van der Waals surface area contributed by atoms with Crippen molar-refractivity contribution in [2.75, 3.05) is 7.11 Å². The fraction of sp³-hybridized carbons (Fsp3) is 0.133. The summed E-state index contributed by atoms with van der Waals surface area (Å²) in [4.78, 5) is 4.64. The lowest BCUT2D eigenvalue weighted by molar-refractivity contribution is 0.415. The second-order valence-corrected chi connectivity index (χ2v) is 5.28. The molecule has 3 rings (SSSR count). The maximum atomic E-state index is 5.16. The van der Waals surface area contributed by atoms with Crippen molar-refractivity contribution >= 4 is 21.6 Å². The van der Waals surface area contributed by atoms with Crippen LogP contribution in [-0.2, 0) is 0 Å². The molecule has 1 aromatic carbocycles. The zero-order valence-corrected chi connectivity index (χ0v) is 12.3. The lowest BCUT2D eigenvalue weighted by Gasteiger charge is -1.99. The van der Waals surface area contributed by atoms with E-state index in [-0.39, 0.29) is 0 Å². The van der Waals surface area contributed by atoms with Crippen molar-refractivity contribution in [2.24, 2.45) is 0 Å². The van der Waals surface area contributed by atoms with Crippen LogP contribution in [0.1, 0.15) is 5.56 Å². The molecule has 0 aliphatic heterocycles. The highest BCUT2D eigenvalue weighted by Gasteiger charge is 2.06. The summed E-state index contributed by atoms with van der Waals surface area (Å²) >= 11 is 3.54. The molecule has 0 aliphatic carbocycles. The summed E-state index contributed by atoms with van der Waals surface area (Å²) in [5.74, 6) is 0.853. The normalized spacial score (nSPS) is 10.9. The van der Waals surface area contributed by atoms with Crippen LogP contribution in [0.5, 0.6) is 5.75 Å². The predicted molar refractivity (Wildman–Crippen MR) is 79.6 cm³/mol. The van der Waals surface area contributed by atoms with E-state index < -0.39 is 0 Å². The van der Waals surface area contributed by atoms with Gasteiger partial charge in [0.2, 0.25) is 0 Å². The topological polar surface area (TPSA) is 26.5 Å². The van der Waals surface area contributed by atoms with Crippen LogP contribution in [0.3, 0.4) is 0 Å². The first-order valence-corrected chi connectivity index (χ1v) is 6.76. The number of halogens is 1. The molecule has 2 aromatic heterocycles. The minimum absolute atomic E-state index is 0.853. The van der Waals surface area contributed by atoms with Crippen molar-refractivity contribution in [1.29, 1.82) is 0 Å². The van der Waals surface area contributed by atoms with Gasteiger partial charge in [-0.25, -0.2) is 4.98 Å². The monoisotopic (exact) mass is 316 g/mol. The molecule has 0 amide bonds. The van der Waals surface area contributed by atoms with E-state index in [2.05, 4.69) is 33.9 Å². The van der Waals surface area contributed by atoms with Crippen molar-refractivity contribution < 1.29 is 4.74 Å². The van der Waals surface area contributed by atoms with E-state index >= 15 is 0 Å². The minimum atomic E-state index is 0.853.